The first-order valence-electron chi connectivity index (χ1n) is 7.93. The molecule has 4 nitrogen and oxygen atoms in total. The molecular formula is C17H27ClN2O2. The molecule has 0 spiro atoms. The van der Waals surface area contributed by atoms with Gasteiger partial charge in [-0.2, -0.15) is 0 Å². The van der Waals surface area contributed by atoms with E-state index in [4.69, 9.17) is 26.8 Å². The van der Waals surface area contributed by atoms with Crippen molar-refractivity contribution in [3.05, 3.63) is 22.7 Å². The number of hydrogen-bond donors (Lipinski definition) is 1. The Kier molecular flexibility index (Phi) is 5.95. The second-order valence-electron chi connectivity index (χ2n) is 6.43. The minimum atomic E-state index is 0.234. The van der Waals surface area contributed by atoms with Gasteiger partial charge in [-0.1, -0.05) is 25.4 Å². The van der Waals surface area contributed by atoms with Gasteiger partial charge in [-0.25, -0.2) is 0 Å². The fourth-order valence-electron chi connectivity index (χ4n) is 2.89. The van der Waals surface area contributed by atoms with Gasteiger partial charge in [-0.15, -0.1) is 0 Å². The Balaban J connectivity index is 2.11. The lowest BCUT2D eigenvalue weighted by molar-refractivity contribution is 0.272. The first kappa shape index (κ1) is 17.4. The smallest absolute Gasteiger partial charge is 0.179 e. The molecule has 1 aliphatic heterocycles. The highest BCUT2D eigenvalue weighted by Gasteiger charge is 2.32. The quantitative estimate of drug-likeness (QED) is 0.835. The summed E-state index contributed by atoms with van der Waals surface area (Å²) in [5.41, 5.74) is 7.26. The zero-order valence-electron chi connectivity index (χ0n) is 13.8. The van der Waals surface area contributed by atoms with Gasteiger partial charge in [0.15, 0.2) is 11.5 Å². The maximum absolute atomic E-state index is 6.37. The number of halogens is 1. The summed E-state index contributed by atoms with van der Waals surface area (Å²) >= 11 is 6.37. The minimum Gasteiger partial charge on any atom is -0.493 e. The normalized spacial score (nSPS) is 22.0. The van der Waals surface area contributed by atoms with Crippen LogP contribution in [0.2, 0.25) is 5.02 Å². The Morgan fingerprint density at radius 3 is 2.77 bits per heavy atom. The van der Waals surface area contributed by atoms with Crippen LogP contribution in [0.3, 0.4) is 0 Å². The third kappa shape index (κ3) is 4.06. The van der Waals surface area contributed by atoms with E-state index in [1.807, 2.05) is 12.1 Å². The van der Waals surface area contributed by atoms with E-state index in [-0.39, 0.29) is 5.41 Å². The van der Waals surface area contributed by atoms with Crippen molar-refractivity contribution < 1.29 is 9.47 Å². The average molecular weight is 327 g/mol. The summed E-state index contributed by atoms with van der Waals surface area (Å²) < 4.78 is 11.1. The van der Waals surface area contributed by atoms with Crippen LogP contribution in [0.4, 0.5) is 0 Å². The van der Waals surface area contributed by atoms with Crippen LogP contribution in [0.15, 0.2) is 12.1 Å². The highest BCUT2D eigenvalue weighted by Crippen LogP contribution is 2.37. The molecule has 0 aromatic heterocycles. The van der Waals surface area contributed by atoms with Crippen LogP contribution in [0.5, 0.6) is 11.5 Å². The van der Waals surface area contributed by atoms with Gasteiger partial charge in [-0.3, -0.25) is 4.90 Å². The van der Waals surface area contributed by atoms with Gasteiger partial charge < -0.3 is 15.2 Å². The van der Waals surface area contributed by atoms with Crippen molar-refractivity contribution in [2.75, 3.05) is 33.4 Å². The Morgan fingerprint density at radius 2 is 2.18 bits per heavy atom. The van der Waals surface area contributed by atoms with E-state index < -0.39 is 0 Å². The van der Waals surface area contributed by atoms with Gasteiger partial charge in [-0.05, 0) is 49.0 Å². The molecule has 22 heavy (non-hydrogen) atoms. The molecule has 1 fully saturated rings. The van der Waals surface area contributed by atoms with Crippen LogP contribution in [-0.2, 0) is 6.54 Å². The zero-order valence-corrected chi connectivity index (χ0v) is 14.6. The number of benzene rings is 1. The summed E-state index contributed by atoms with van der Waals surface area (Å²) in [6.45, 7) is 8.64. The molecule has 124 valence electrons. The number of methoxy groups -OCH3 is 1. The number of nitrogens with two attached hydrogens (primary N) is 1. The molecule has 0 saturated carbocycles. The van der Waals surface area contributed by atoms with E-state index in [1.54, 1.807) is 7.11 Å². The topological polar surface area (TPSA) is 47.7 Å². The first-order chi connectivity index (χ1) is 10.5. The Labute approximate surface area is 138 Å². The van der Waals surface area contributed by atoms with Crippen molar-refractivity contribution in [1.29, 1.82) is 0 Å². The number of ether oxygens (including phenoxy) is 2. The molecule has 1 atom stereocenters. The molecular weight excluding hydrogens is 300 g/mol. The predicted octanol–water partition coefficient (Wildman–Crippen LogP) is 3.31. The summed E-state index contributed by atoms with van der Waals surface area (Å²) in [5, 5.41) is 0.614. The molecule has 0 bridgehead atoms. The second-order valence-corrected chi connectivity index (χ2v) is 6.84. The second kappa shape index (κ2) is 7.53. The Hall–Kier alpha value is -0.970. The third-order valence-corrected chi connectivity index (χ3v) is 4.56. The van der Waals surface area contributed by atoms with Gasteiger partial charge in [0, 0.05) is 13.1 Å². The molecule has 0 aliphatic carbocycles. The Bertz CT molecular complexity index is 510. The number of rotatable bonds is 7. The lowest BCUT2D eigenvalue weighted by Crippen LogP contribution is -2.31. The van der Waals surface area contributed by atoms with Crippen molar-refractivity contribution in [2.24, 2.45) is 11.1 Å². The van der Waals surface area contributed by atoms with Crippen molar-refractivity contribution >= 4 is 11.6 Å². The highest BCUT2D eigenvalue weighted by molar-refractivity contribution is 6.32. The summed E-state index contributed by atoms with van der Waals surface area (Å²) in [5.74, 6) is 1.35. The molecule has 1 aromatic carbocycles. The van der Waals surface area contributed by atoms with Crippen LogP contribution in [-0.4, -0.2) is 38.3 Å². The highest BCUT2D eigenvalue weighted by atomic mass is 35.5. The molecule has 5 heteroatoms. The van der Waals surface area contributed by atoms with Crippen molar-refractivity contribution in [2.45, 2.75) is 33.2 Å². The number of likely N-dealkylation sites (tertiary alicyclic amines) is 1. The zero-order chi connectivity index (χ0) is 16.2. The maximum atomic E-state index is 6.37. The van der Waals surface area contributed by atoms with Crippen molar-refractivity contribution in [3.63, 3.8) is 0 Å². The number of hydrogen-bond acceptors (Lipinski definition) is 4. The molecule has 1 heterocycles. The van der Waals surface area contributed by atoms with Gasteiger partial charge in [0.2, 0.25) is 0 Å². The molecule has 1 unspecified atom stereocenters. The van der Waals surface area contributed by atoms with Crippen LogP contribution < -0.4 is 15.2 Å². The fourth-order valence-corrected chi connectivity index (χ4v) is 3.18. The monoisotopic (exact) mass is 326 g/mol. The summed E-state index contributed by atoms with van der Waals surface area (Å²) in [6, 6.07) is 4.00. The van der Waals surface area contributed by atoms with Crippen molar-refractivity contribution in [1.82, 2.24) is 4.90 Å². The maximum Gasteiger partial charge on any atom is 0.179 e. The third-order valence-electron chi connectivity index (χ3n) is 4.28. The molecule has 1 saturated heterocycles. The molecule has 1 aromatic rings. The lowest BCUT2D eigenvalue weighted by Gasteiger charge is -2.23. The summed E-state index contributed by atoms with van der Waals surface area (Å²) in [6.07, 6.45) is 2.08. The summed E-state index contributed by atoms with van der Waals surface area (Å²) in [4.78, 5) is 2.42. The van der Waals surface area contributed by atoms with E-state index in [9.17, 15) is 0 Å². The average Bonchev–Trinajstić information content (AvgIpc) is 2.87. The van der Waals surface area contributed by atoms with E-state index in [0.29, 0.717) is 23.1 Å². The van der Waals surface area contributed by atoms with Crippen LogP contribution in [0.25, 0.3) is 0 Å². The van der Waals surface area contributed by atoms with Crippen LogP contribution >= 0.6 is 11.6 Å². The van der Waals surface area contributed by atoms with Gasteiger partial charge >= 0.3 is 0 Å². The standard InChI is InChI=1S/C17H27ClN2O2/c1-4-7-22-16-14(18)8-13(9-15(16)21-3)10-20-6-5-17(2,11-19)12-20/h8-9H,4-7,10-12,19H2,1-3H3. The van der Waals surface area contributed by atoms with Crippen molar-refractivity contribution in [3.8, 4) is 11.5 Å². The summed E-state index contributed by atoms with van der Waals surface area (Å²) in [7, 11) is 1.65. The fraction of sp³-hybridized carbons (Fsp3) is 0.647. The van der Waals surface area contributed by atoms with Crippen LogP contribution in [0.1, 0.15) is 32.3 Å². The predicted molar refractivity (Wildman–Crippen MR) is 90.8 cm³/mol. The SMILES string of the molecule is CCCOc1c(Cl)cc(CN2CCC(C)(CN)C2)cc1OC. The Morgan fingerprint density at radius 1 is 1.41 bits per heavy atom. The van der Waals surface area contributed by atoms with E-state index in [1.165, 1.54) is 0 Å². The van der Waals surface area contributed by atoms with E-state index in [2.05, 4.69) is 18.7 Å². The van der Waals surface area contributed by atoms with Gasteiger partial charge in [0.25, 0.3) is 0 Å². The lowest BCUT2D eigenvalue weighted by atomic mass is 9.90. The van der Waals surface area contributed by atoms with Crippen LogP contribution in [0, 0.1) is 5.41 Å². The molecule has 0 amide bonds. The molecule has 2 rings (SSSR count). The minimum absolute atomic E-state index is 0.234. The largest absolute Gasteiger partial charge is 0.493 e. The molecule has 0 radical (unpaired) electrons. The molecule has 2 N–H and O–H groups in total. The van der Waals surface area contributed by atoms with Gasteiger partial charge in [0.05, 0.1) is 18.7 Å². The first-order valence-corrected chi connectivity index (χ1v) is 8.31. The van der Waals surface area contributed by atoms with E-state index in [0.717, 1.165) is 44.6 Å². The van der Waals surface area contributed by atoms with Gasteiger partial charge in [0.1, 0.15) is 0 Å². The number of nitrogens with zero attached hydrogens (tertiary/aromatic N) is 1. The van der Waals surface area contributed by atoms with E-state index >= 15 is 0 Å². The molecule has 1 aliphatic rings.